The maximum Gasteiger partial charge on any atom is 0.133 e. The van der Waals surface area contributed by atoms with Crippen molar-refractivity contribution in [2.24, 2.45) is 0 Å². The average molecular weight is 236 g/mol. The number of aryl methyl sites for hydroxylation is 1. The third-order valence-corrected chi connectivity index (χ3v) is 1.81. The van der Waals surface area contributed by atoms with Gasteiger partial charge in [-0.05, 0) is 18.1 Å². The number of rotatable bonds is 1. The maximum atomic E-state index is 5.73. The molecule has 3 heteroatoms. The molecule has 0 aliphatic rings. The van der Waals surface area contributed by atoms with Crippen molar-refractivity contribution in [3.05, 3.63) is 28.0 Å². The molecule has 0 amide bonds. The Morgan fingerprint density at radius 2 is 1.64 bits per heavy atom. The van der Waals surface area contributed by atoms with Gasteiger partial charge in [-0.15, -0.1) is 0 Å². The third-order valence-electron chi connectivity index (χ3n) is 1.27. The van der Waals surface area contributed by atoms with Gasteiger partial charge >= 0.3 is 0 Å². The Morgan fingerprint density at radius 1 is 1.14 bits per heavy atom. The van der Waals surface area contributed by atoms with Gasteiger partial charge < -0.3 is 0 Å². The molecular formula is C11H19Cl2N. The first-order valence-electron chi connectivity index (χ1n) is 4.46. The molecule has 1 aromatic heterocycles. The highest BCUT2D eigenvalue weighted by molar-refractivity contribution is 6.32. The van der Waals surface area contributed by atoms with Crippen LogP contribution >= 0.6 is 23.2 Å². The third kappa shape index (κ3) is 6.22. The van der Waals surface area contributed by atoms with Crippen molar-refractivity contribution in [3.8, 4) is 0 Å². The van der Waals surface area contributed by atoms with Gasteiger partial charge in [-0.3, -0.25) is 0 Å². The second-order valence-corrected chi connectivity index (χ2v) is 3.39. The van der Waals surface area contributed by atoms with Crippen LogP contribution in [-0.4, -0.2) is 4.98 Å². The Morgan fingerprint density at radius 3 is 2.00 bits per heavy atom. The minimum atomic E-state index is 0. The lowest BCUT2D eigenvalue weighted by atomic mass is 10.2. The molecule has 0 saturated heterocycles. The van der Waals surface area contributed by atoms with Crippen LogP contribution in [0.15, 0.2) is 12.1 Å². The lowest BCUT2D eigenvalue weighted by Crippen LogP contribution is -1.85. The van der Waals surface area contributed by atoms with E-state index in [2.05, 4.69) is 18.8 Å². The Balaban J connectivity index is 0. The predicted molar refractivity (Wildman–Crippen MR) is 66.3 cm³/mol. The minimum absolute atomic E-state index is 0. The summed E-state index contributed by atoms with van der Waals surface area (Å²) in [6, 6.07) is 3.63. The van der Waals surface area contributed by atoms with E-state index in [9.17, 15) is 0 Å². The fourth-order valence-electron chi connectivity index (χ4n) is 0.705. The number of pyridine rings is 1. The van der Waals surface area contributed by atoms with Crippen LogP contribution in [0.2, 0.25) is 10.3 Å². The zero-order valence-corrected chi connectivity index (χ0v) is 9.78. The molecule has 0 aromatic carbocycles. The average Bonchev–Trinajstić information content (AvgIpc) is 2.06. The van der Waals surface area contributed by atoms with Gasteiger partial charge in [0.25, 0.3) is 0 Å². The highest BCUT2D eigenvalue weighted by atomic mass is 35.5. The number of hydrogen-bond donors (Lipinski definition) is 0. The predicted octanol–water partition coefficient (Wildman–Crippen LogP) is 5.00. The molecule has 0 atom stereocenters. The highest BCUT2D eigenvalue weighted by Crippen LogP contribution is 2.16. The van der Waals surface area contributed by atoms with Crippen LogP contribution in [0, 0.1) is 0 Å². The van der Waals surface area contributed by atoms with Crippen LogP contribution in [0.1, 0.15) is 40.2 Å². The molecule has 0 unspecified atom stereocenters. The van der Waals surface area contributed by atoms with E-state index in [4.69, 9.17) is 23.2 Å². The summed E-state index contributed by atoms with van der Waals surface area (Å²) in [6.45, 7) is 6.27. The number of aromatic nitrogens is 1. The van der Waals surface area contributed by atoms with Crippen molar-refractivity contribution < 1.29 is 0 Å². The Kier molecular flexibility index (Phi) is 10.7. The van der Waals surface area contributed by atoms with Crippen molar-refractivity contribution in [2.45, 2.75) is 41.0 Å². The Hall–Kier alpha value is -0.270. The molecule has 0 bridgehead atoms. The molecule has 0 fully saturated rings. The van der Waals surface area contributed by atoms with Crippen LogP contribution in [0.4, 0.5) is 0 Å². The standard InChI is InChI=1S/C7H7Cl2N.C3H8.CH4/c1-2-5-3-4-6(8)10-7(5)9;1-3-2;/h3-4H,2H2,1H3;3H2,1-2H3;1H4. The molecule has 0 radical (unpaired) electrons. The molecule has 1 rings (SSSR count). The summed E-state index contributed by atoms with van der Waals surface area (Å²) in [5, 5.41) is 0.956. The number of nitrogens with zero attached hydrogens (tertiary/aromatic N) is 1. The molecule has 0 saturated carbocycles. The van der Waals surface area contributed by atoms with Crippen LogP contribution < -0.4 is 0 Å². The maximum absolute atomic E-state index is 5.73. The van der Waals surface area contributed by atoms with E-state index < -0.39 is 0 Å². The molecule has 0 aliphatic heterocycles. The number of hydrogen-bond acceptors (Lipinski definition) is 1. The molecule has 0 aliphatic carbocycles. The van der Waals surface area contributed by atoms with E-state index in [1.807, 2.05) is 13.0 Å². The van der Waals surface area contributed by atoms with Crippen LogP contribution in [-0.2, 0) is 6.42 Å². The fraction of sp³-hybridized carbons (Fsp3) is 0.545. The minimum Gasteiger partial charge on any atom is -0.224 e. The van der Waals surface area contributed by atoms with Gasteiger partial charge in [0.15, 0.2) is 0 Å². The highest BCUT2D eigenvalue weighted by Gasteiger charge is 1.98. The van der Waals surface area contributed by atoms with E-state index in [0.29, 0.717) is 10.3 Å². The summed E-state index contributed by atoms with van der Waals surface area (Å²) in [7, 11) is 0. The summed E-state index contributed by atoms with van der Waals surface area (Å²) in [5.74, 6) is 0. The smallest absolute Gasteiger partial charge is 0.133 e. The van der Waals surface area contributed by atoms with Gasteiger partial charge in [0, 0.05) is 0 Å². The SMILES string of the molecule is C.CCC.CCc1ccc(Cl)nc1Cl. The first-order chi connectivity index (χ1) is 6.15. The van der Waals surface area contributed by atoms with E-state index >= 15 is 0 Å². The summed E-state index contributed by atoms with van der Waals surface area (Å²) in [4.78, 5) is 3.88. The zero-order valence-electron chi connectivity index (χ0n) is 8.27. The van der Waals surface area contributed by atoms with Gasteiger partial charge in [0.05, 0.1) is 0 Å². The largest absolute Gasteiger partial charge is 0.224 e. The number of halogens is 2. The Bertz CT molecular complexity index is 249. The normalized spacial score (nSPS) is 8.36. The quantitative estimate of drug-likeness (QED) is 0.625. The summed E-state index contributed by atoms with van der Waals surface area (Å²) in [5.41, 5.74) is 1.03. The fourth-order valence-corrected chi connectivity index (χ4v) is 1.18. The van der Waals surface area contributed by atoms with Crippen LogP contribution in [0.5, 0.6) is 0 Å². The van der Waals surface area contributed by atoms with Crippen LogP contribution in [0.3, 0.4) is 0 Å². The van der Waals surface area contributed by atoms with Crippen molar-refractivity contribution in [3.63, 3.8) is 0 Å². The molecule has 82 valence electrons. The molecule has 1 aromatic rings. The van der Waals surface area contributed by atoms with Crippen molar-refractivity contribution >= 4 is 23.2 Å². The second kappa shape index (κ2) is 9.29. The summed E-state index contributed by atoms with van der Waals surface area (Å²) < 4.78 is 0. The van der Waals surface area contributed by atoms with E-state index in [-0.39, 0.29) is 7.43 Å². The molecule has 0 N–H and O–H groups in total. The van der Waals surface area contributed by atoms with E-state index in [0.717, 1.165) is 12.0 Å². The van der Waals surface area contributed by atoms with Gasteiger partial charge in [-0.1, -0.05) is 63.9 Å². The lowest BCUT2D eigenvalue weighted by Gasteiger charge is -1.97. The first kappa shape index (κ1) is 16.2. The van der Waals surface area contributed by atoms with E-state index in [1.54, 1.807) is 6.07 Å². The molecule has 1 heterocycles. The molecule has 14 heavy (non-hydrogen) atoms. The lowest BCUT2D eigenvalue weighted by molar-refractivity contribution is 1.09. The van der Waals surface area contributed by atoms with Gasteiger partial charge in [-0.2, -0.15) is 0 Å². The molecule has 0 spiro atoms. The summed E-state index contributed by atoms with van der Waals surface area (Å²) in [6.07, 6.45) is 2.14. The molecular weight excluding hydrogens is 217 g/mol. The van der Waals surface area contributed by atoms with Gasteiger partial charge in [-0.25, -0.2) is 4.98 Å². The summed E-state index contributed by atoms with van der Waals surface area (Å²) >= 11 is 11.3. The second-order valence-electron chi connectivity index (χ2n) is 2.64. The van der Waals surface area contributed by atoms with Crippen LogP contribution in [0.25, 0.3) is 0 Å². The first-order valence-corrected chi connectivity index (χ1v) is 5.22. The topological polar surface area (TPSA) is 12.9 Å². The molecule has 1 nitrogen and oxygen atoms in total. The zero-order chi connectivity index (χ0) is 10.3. The van der Waals surface area contributed by atoms with E-state index in [1.165, 1.54) is 6.42 Å². The van der Waals surface area contributed by atoms with Gasteiger partial charge in [0.2, 0.25) is 0 Å². The van der Waals surface area contributed by atoms with Crippen molar-refractivity contribution in [1.29, 1.82) is 0 Å². The van der Waals surface area contributed by atoms with Crippen molar-refractivity contribution in [2.75, 3.05) is 0 Å². The van der Waals surface area contributed by atoms with Crippen molar-refractivity contribution in [1.82, 2.24) is 4.98 Å². The monoisotopic (exact) mass is 235 g/mol. The Labute approximate surface area is 97.5 Å². The van der Waals surface area contributed by atoms with Gasteiger partial charge in [0.1, 0.15) is 10.3 Å².